The van der Waals surface area contributed by atoms with Crippen molar-refractivity contribution in [3.8, 4) is 0 Å². The lowest BCUT2D eigenvalue weighted by molar-refractivity contribution is -0.162. The Kier molecular flexibility index (Phi) is 5.41. The molecule has 1 unspecified atom stereocenters. The van der Waals surface area contributed by atoms with Gasteiger partial charge in [0.15, 0.2) is 6.61 Å². The van der Waals surface area contributed by atoms with Gasteiger partial charge in [0.25, 0.3) is 0 Å². The molecule has 0 saturated heterocycles. The molecular weight excluding hydrogens is 215 g/mol. The Balaban J connectivity index is 3.99. The molecule has 0 saturated carbocycles. The van der Waals surface area contributed by atoms with Crippen LogP contribution in [0.25, 0.3) is 0 Å². The van der Waals surface area contributed by atoms with Gasteiger partial charge in [0.2, 0.25) is 0 Å². The predicted octanol–water partition coefficient (Wildman–Crippen LogP) is 1.65. The Morgan fingerprint density at radius 1 is 1.47 bits per heavy atom. The SMILES string of the molecule is COCC(C)N(C)C(=O)OCC(F)(F)F. The van der Waals surface area contributed by atoms with Gasteiger partial charge < -0.3 is 14.4 Å². The molecule has 1 amide bonds. The van der Waals surface area contributed by atoms with Crippen molar-refractivity contribution in [2.45, 2.75) is 19.1 Å². The minimum absolute atomic E-state index is 0.234. The molecule has 7 heteroatoms. The van der Waals surface area contributed by atoms with Crippen LogP contribution in [0.1, 0.15) is 6.92 Å². The lowest BCUT2D eigenvalue weighted by atomic mass is 10.3. The van der Waals surface area contributed by atoms with E-state index >= 15 is 0 Å². The number of hydrogen-bond acceptors (Lipinski definition) is 3. The summed E-state index contributed by atoms with van der Waals surface area (Å²) in [7, 11) is 2.79. The van der Waals surface area contributed by atoms with Crippen molar-refractivity contribution in [2.24, 2.45) is 0 Å². The van der Waals surface area contributed by atoms with E-state index in [2.05, 4.69) is 4.74 Å². The van der Waals surface area contributed by atoms with Gasteiger partial charge in [0, 0.05) is 14.2 Å². The maximum Gasteiger partial charge on any atom is 0.422 e. The Bertz CT molecular complexity index is 208. The maximum absolute atomic E-state index is 11.7. The quantitative estimate of drug-likeness (QED) is 0.735. The molecule has 0 aliphatic heterocycles. The smallest absolute Gasteiger partial charge is 0.422 e. The topological polar surface area (TPSA) is 38.8 Å². The lowest BCUT2D eigenvalue weighted by Gasteiger charge is -2.23. The summed E-state index contributed by atoms with van der Waals surface area (Å²) < 4.78 is 43.9. The van der Waals surface area contributed by atoms with Crippen molar-refractivity contribution in [1.82, 2.24) is 4.90 Å². The highest BCUT2D eigenvalue weighted by Gasteiger charge is 2.30. The Labute approximate surface area is 85.9 Å². The first kappa shape index (κ1) is 14.0. The van der Waals surface area contributed by atoms with Gasteiger partial charge in [-0.1, -0.05) is 0 Å². The van der Waals surface area contributed by atoms with Crippen LogP contribution in [0, 0.1) is 0 Å². The van der Waals surface area contributed by atoms with Crippen molar-refractivity contribution in [3.05, 3.63) is 0 Å². The molecule has 0 aromatic rings. The number of nitrogens with zero attached hydrogens (tertiary/aromatic N) is 1. The maximum atomic E-state index is 11.7. The van der Waals surface area contributed by atoms with Crippen LogP contribution in [0.2, 0.25) is 0 Å². The van der Waals surface area contributed by atoms with Crippen LogP contribution in [0.15, 0.2) is 0 Å². The number of amides is 1. The molecule has 0 heterocycles. The van der Waals surface area contributed by atoms with Gasteiger partial charge in [-0.3, -0.25) is 0 Å². The van der Waals surface area contributed by atoms with Gasteiger partial charge in [-0.2, -0.15) is 13.2 Å². The average Bonchev–Trinajstić information content (AvgIpc) is 2.12. The summed E-state index contributed by atoms with van der Waals surface area (Å²) >= 11 is 0. The molecule has 0 aromatic heterocycles. The first-order valence-electron chi connectivity index (χ1n) is 4.23. The zero-order valence-corrected chi connectivity index (χ0v) is 8.80. The highest BCUT2D eigenvalue weighted by Crippen LogP contribution is 2.15. The zero-order valence-electron chi connectivity index (χ0n) is 8.80. The number of rotatable bonds is 4. The number of ether oxygens (including phenoxy) is 2. The molecule has 0 aromatic carbocycles. The van der Waals surface area contributed by atoms with Gasteiger partial charge in [0.1, 0.15) is 0 Å². The summed E-state index contributed by atoms with van der Waals surface area (Å²) in [5.74, 6) is 0. The molecule has 0 aliphatic rings. The van der Waals surface area contributed by atoms with E-state index in [9.17, 15) is 18.0 Å². The standard InChI is InChI=1S/C8H14F3NO3/c1-6(4-14-3)12(2)7(13)15-5-8(9,10)11/h6H,4-5H2,1-3H3. The monoisotopic (exact) mass is 229 g/mol. The second-order valence-electron chi connectivity index (χ2n) is 3.09. The van der Waals surface area contributed by atoms with Crippen molar-refractivity contribution in [2.75, 3.05) is 27.4 Å². The first-order chi connectivity index (χ1) is 6.78. The molecule has 90 valence electrons. The highest BCUT2D eigenvalue weighted by molar-refractivity contribution is 5.67. The van der Waals surface area contributed by atoms with Crippen LogP contribution >= 0.6 is 0 Å². The van der Waals surface area contributed by atoms with Crippen molar-refractivity contribution < 1.29 is 27.4 Å². The van der Waals surface area contributed by atoms with Crippen LogP contribution < -0.4 is 0 Å². The number of alkyl halides is 3. The van der Waals surface area contributed by atoms with Gasteiger partial charge in [0.05, 0.1) is 12.6 Å². The number of carbonyl (C=O) groups is 1. The van der Waals surface area contributed by atoms with E-state index in [-0.39, 0.29) is 12.6 Å². The summed E-state index contributed by atoms with van der Waals surface area (Å²) in [6.45, 7) is 0.297. The molecule has 4 nitrogen and oxygen atoms in total. The molecule has 0 spiro atoms. The summed E-state index contributed by atoms with van der Waals surface area (Å²) in [6.07, 6.45) is -5.52. The number of carbonyl (C=O) groups excluding carboxylic acids is 1. The van der Waals surface area contributed by atoms with Crippen molar-refractivity contribution >= 4 is 6.09 Å². The van der Waals surface area contributed by atoms with E-state index in [0.29, 0.717) is 0 Å². The third kappa shape index (κ3) is 6.16. The molecule has 0 rings (SSSR count). The normalized spacial score (nSPS) is 13.5. The van der Waals surface area contributed by atoms with E-state index in [1.165, 1.54) is 14.2 Å². The first-order valence-corrected chi connectivity index (χ1v) is 4.23. The van der Waals surface area contributed by atoms with E-state index < -0.39 is 18.9 Å². The van der Waals surface area contributed by atoms with E-state index in [4.69, 9.17) is 4.74 Å². The van der Waals surface area contributed by atoms with Crippen molar-refractivity contribution in [1.29, 1.82) is 0 Å². The van der Waals surface area contributed by atoms with E-state index in [0.717, 1.165) is 4.90 Å². The number of likely N-dealkylation sites (N-methyl/N-ethyl adjacent to an activating group) is 1. The van der Waals surface area contributed by atoms with Crippen LogP contribution in [-0.4, -0.2) is 50.6 Å². The molecular formula is C8H14F3NO3. The molecule has 0 radical (unpaired) electrons. The second-order valence-corrected chi connectivity index (χ2v) is 3.09. The summed E-state index contributed by atoms with van der Waals surface area (Å²) in [5, 5.41) is 0. The molecule has 15 heavy (non-hydrogen) atoms. The largest absolute Gasteiger partial charge is 0.440 e. The zero-order chi connectivity index (χ0) is 12.1. The Morgan fingerprint density at radius 3 is 2.40 bits per heavy atom. The number of methoxy groups -OCH3 is 1. The molecule has 1 atom stereocenters. The van der Waals surface area contributed by atoms with Crippen LogP contribution in [0.4, 0.5) is 18.0 Å². The second kappa shape index (κ2) is 5.79. The highest BCUT2D eigenvalue weighted by atomic mass is 19.4. The summed E-state index contributed by atoms with van der Waals surface area (Å²) in [4.78, 5) is 12.1. The fraction of sp³-hybridized carbons (Fsp3) is 0.875. The van der Waals surface area contributed by atoms with Crippen molar-refractivity contribution in [3.63, 3.8) is 0 Å². The fourth-order valence-electron chi connectivity index (χ4n) is 0.778. The van der Waals surface area contributed by atoms with Gasteiger partial charge in [-0.05, 0) is 6.92 Å². The Hall–Kier alpha value is -0.980. The summed E-state index contributed by atoms with van der Waals surface area (Å²) in [6, 6.07) is -0.337. The fourth-order valence-corrected chi connectivity index (χ4v) is 0.778. The minimum atomic E-state index is -4.50. The lowest BCUT2D eigenvalue weighted by Crippen LogP contribution is -2.39. The van der Waals surface area contributed by atoms with E-state index in [1.54, 1.807) is 6.92 Å². The minimum Gasteiger partial charge on any atom is -0.440 e. The molecule has 0 fully saturated rings. The predicted molar refractivity (Wildman–Crippen MR) is 46.5 cm³/mol. The van der Waals surface area contributed by atoms with Crippen LogP contribution in [-0.2, 0) is 9.47 Å². The van der Waals surface area contributed by atoms with Crippen LogP contribution in [0.3, 0.4) is 0 Å². The molecule has 0 bridgehead atoms. The van der Waals surface area contributed by atoms with E-state index in [1.807, 2.05) is 0 Å². The average molecular weight is 229 g/mol. The third-order valence-electron chi connectivity index (χ3n) is 1.72. The van der Waals surface area contributed by atoms with Gasteiger partial charge >= 0.3 is 12.3 Å². The van der Waals surface area contributed by atoms with Gasteiger partial charge in [-0.25, -0.2) is 4.79 Å². The summed E-state index contributed by atoms with van der Waals surface area (Å²) in [5.41, 5.74) is 0. The van der Waals surface area contributed by atoms with Crippen LogP contribution in [0.5, 0.6) is 0 Å². The van der Waals surface area contributed by atoms with Gasteiger partial charge in [-0.15, -0.1) is 0 Å². The third-order valence-corrected chi connectivity index (χ3v) is 1.72. The molecule has 0 N–H and O–H groups in total. The number of halogens is 3. The molecule has 0 aliphatic carbocycles. The number of hydrogen-bond donors (Lipinski definition) is 0. The Morgan fingerprint density at radius 2 is 2.00 bits per heavy atom.